The number of benzene rings is 1. The molecule has 0 bridgehead atoms. The summed E-state index contributed by atoms with van der Waals surface area (Å²) in [6.45, 7) is 8.37. The molecule has 0 amide bonds. The summed E-state index contributed by atoms with van der Waals surface area (Å²) in [5, 5.41) is 0. The third-order valence-corrected chi connectivity index (χ3v) is 5.40. The fourth-order valence-corrected chi connectivity index (χ4v) is 3.97. The molecule has 6 heteroatoms. The zero-order valence-corrected chi connectivity index (χ0v) is 14.0. The first-order chi connectivity index (χ1) is 9.38. The van der Waals surface area contributed by atoms with Gasteiger partial charge >= 0.3 is 0 Å². The Kier molecular flexibility index (Phi) is 6.30. The van der Waals surface area contributed by atoms with Crippen LogP contribution < -0.4 is 4.74 Å². The molecule has 1 aromatic carbocycles. The van der Waals surface area contributed by atoms with E-state index in [4.69, 9.17) is 16.3 Å². The Morgan fingerprint density at radius 2 is 1.95 bits per heavy atom. The van der Waals surface area contributed by atoms with Gasteiger partial charge < -0.3 is 4.74 Å². The molecule has 0 heterocycles. The molecule has 20 heavy (non-hydrogen) atoms. The van der Waals surface area contributed by atoms with Crippen molar-refractivity contribution in [2.75, 3.05) is 13.2 Å². The summed E-state index contributed by atoms with van der Waals surface area (Å²) in [4.78, 5) is 0.257. The van der Waals surface area contributed by atoms with Crippen LogP contribution in [-0.4, -0.2) is 31.9 Å². The fraction of sp³-hybridized carbons (Fsp3) is 0.571. The quantitative estimate of drug-likeness (QED) is 0.725. The fourth-order valence-electron chi connectivity index (χ4n) is 2.07. The zero-order chi connectivity index (χ0) is 15.3. The van der Waals surface area contributed by atoms with E-state index in [0.717, 1.165) is 0 Å². The Balaban J connectivity index is 3.26. The van der Waals surface area contributed by atoms with Crippen molar-refractivity contribution in [3.63, 3.8) is 0 Å². The van der Waals surface area contributed by atoms with Crippen LogP contribution in [0.25, 0.3) is 0 Å². The lowest BCUT2D eigenvalue weighted by molar-refractivity contribution is 0.337. The number of hydrogen-bond acceptors (Lipinski definition) is 3. The van der Waals surface area contributed by atoms with Crippen LogP contribution in [0.15, 0.2) is 23.1 Å². The van der Waals surface area contributed by atoms with Crippen LogP contribution in [0.5, 0.6) is 5.75 Å². The summed E-state index contributed by atoms with van der Waals surface area (Å²) < 4.78 is 32.1. The van der Waals surface area contributed by atoms with Crippen molar-refractivity contribution in [3.8, 4) is 5.75 Å². The maximum absolute atomic E-state index is 12.6. The molecule has 0 aliphatic heterocycles. The highest BCUT2D eigenvalue weighted by Gasteiger charge is 2.26. The normalized spacial score (nSPS) is 12.2. The maximum Gasteiger partial charge on any atom is 0.243 e. The highest BCUT2D eigenvalue weighted by Crippen LogP contribution is 2.26. The molecule has 4 nitrogen and oxygen atoms in total. The topological polar surface area (TPSA) is 46.6 Å². The van der Waals surface area contributed by atoms with Gasteiger partial charge in [-0.25, -0.2) is 8.42 Å². The van der Waals surface area contributed by atoms with Gasteiger partial charge in [-0.2, -0.15) is 4.31 Å². The van der Waals surface area contributed by atoms with Crippen LogP contribution in [0.3, 0.4) is 0 Å². The molecular formula is C14H22ClNO3S. The minimum atomic E-state index is -3.50. The SMILES string of the molecule is CCOc1ccc(S(=O)(=O)N(CC)C(C)C)cc1CCl. The molecule has 0 saturated carbocycles. The standard InChI is InChI=1S/C14H22ClNO3S/c1-5-16(11(3)4)20(17,18)13-7-8-14(19-6-2)12(9-13)10-15/h7-9,11H,5-6,10H2,1-4H3. The predicted octanol–water partition coefficient (Wildman–Crippen LogP) is 3.24. The van der Waals surface area contributed by atoms with Gasteiger partial charge in [0, 0.05) is 18.2 Å². The van der Waals surface area contributed by atoms with Gasteiger partial charge in [-0.1, -0.05) is 6.92 Å². The lowest BCUT2D eigenvalue weighted by Crippen LogP contribution is -2.36. The van der Waals surface area contributed by atoms with Crippen LogP contribution >= 0.6 is 11.6 Å². The number of ether oxygens (including phenoxy) is 1. The van der Waals surface area contributed by atoms with Crippen LogP contribution in [0.4, 0.5) is 0 Å². The number of alkyl halides is 1. The van der Waals surface area contributed by atoms with E-state index >= 15 is 0 Å². The third-order valence-electron chi connectivity index (χ3n) is 2.97. The Morgan fingerprint density at radius 1 is 1.30 bits per heavy atom. The summed E-state index contributed by atoms with van der Waals surface area (Å²) in [5.41, 5.74) is 0.689. The number of nitrogens with zero attached hydrogens (tertiary/aromatic N) is 1. The Hall–Kier alpha value is -0.780. The van der Waals surface area contributed by atoms with Crippen LogP contribution in [0.2, 0.25) is 0 Å². The third kappa shape index (κ3) is 3.65. The Morgan fingerprint density at radius 3 is 2.40 bits per heavy atom. The molecule has 114 valence electrons. The Labute approximate surface area is 126 Å². The highest BCUT2D eigenvalue weighted by atomic mass is 35.5. The molecule has 0 spiro atoms. The number of sulfonamides is 1. The average Bonchev–Trinajstić information content (AvgIpc) is 2.39. The van der Waals surface area contributed by atoms with Gasteiger partial charge in [0.25, 0.3) is 0 Å². The van der Waals surface area contributed by atoms with Crippen LogP contribution in [-0.2, 0) is 15.9 Å². The zero-order valence-electron chi connectivity index (χ0n) is 12.4. The lowest BCUT2D eigenvalue weighted by Gasteiger charge is -2.24. The van der Waals surface area contributed by atoms with Crippen LogP contribution in [0, 0.1) is 0 Å². The first kappa shape index (κ1) is 17.3. The molecule has 0 unspecified atom stereocenters. The van der Waals surface area contributed by atoms with Crippen molar-refractivity contribution < 1.29 is 13.2 Å². The second-order valence-corrected chi connectivity index (χ2v) is 6.80. The number of rotatable bonds is 7. The minimum Gasteiger partial charge on any atom is -0.494 e. The second-order valence-electron chi connectivity index (χ2n) is 4.64. The van der Waals surface area contributed by atoms with Gasteiger partial charge in [0.05, 0.1) is 17.4 Å². The monoisotopic (exact) mass is 319 g/mol. The van der Waals surface area contributed by atoms with Gasteiger partial charge in [-0.05, 0) is 39.0 Å². The van der Waals surface area contributed by atoms with Crippen molar-refractivity contribution in [2.45, 2.75) is 44.5 Å². The first-order valence-corrected chi connectivity index (χ1v) is 8.69. The van der Waals surface area contributed by atoms with Crippen molar-refractivity contribution in [2.24, 2.45) is 0 Å². The Bertz CT molecular complexity index is 543. The molecule has 0 aromatic heterocycles. The lowest BCUT2D eigenvalue weighted by atomic mass is 10.2. The molecule has 0 radical (unpaired) electrons. The molecule has 0 fully saturated rings. The van der Waals surface area contributed by atoms with Crippen LogP contribution in [0.1, 0.15) is 33.3 Å². The van der Waals surface area contributed by atoms with Gasteiger partial charge in [0.15, 0.2) is 0 Å². The van der Waals surface area contributed by atoms with E-state index in [2.05, 4.69) is 0 Å². The largest absolute Gasteiger partial charge is 0.494 e. The second kappa shape index (κ2) is 7.29. The molecule has 0 aliphatic rings. The molecule has 0 saturated heterocycles. The van der Waals surface area contributed by atoms with E-state index in [1.54, 1.807) is 18.2 Å². The van der Waals surface area contributed by atoms with Gasteiger partial charge in [0.2, 0.25) is 10.0 Å². The molecule has 0 aliphatic carbocycles. The summed E-state index contributed by atoms with van der Waals surface area (Å²) in [7, 11) is -3.50. The minimum absolute atomic E-state index is 0.0870. The summed E-state index contributed by atoms with van der Waals surface area (Å²) in [6.07, 6.45) is 0. The van der Waals surface area contributed by atoms with Crippen molar-refractivity contribution >= 4 is 21.6 Å². The maximum atomic E-state index is 12.6. The van der Waals surface area contributed by atoms with Crippen molar-refractivity contribution in [1.82, 2.24) is 4.31 Å². The van der Waals surface area contributed by atoms with Crippen molar-refractivity contribution in [1.29, 1.82) is 0 Å². The summed E-state index contributed by atoms with van der Waals surface area (Å²) in [5.74, 6) is 0.848. The summed E-state index contributed by atoms with van der Waals surface area (Å²) in [6, 6.07) is 4.75. The van der Waals surface area contributed by atoms with E-state index in [0.29, 0.717) is 24.5 Å². The van der Waals surface area contributed by atoms with E-state index in [1.165, 1.54) is 4.31 Å². The van der Waals surface area contributed by atoms with E-state index in [1.807, 2.05) is 27.7 Å². The molecule has 0 N–H and O–H groups in total. The van der Waals surface area contributed by atoms with E-state index in [9.17, 15) is 8.42 Å². The highest BCUT2D eigenvalue weighted by molar-refractivity contribution is 7.89. The molecule has 0 atom stereocenters. The molecule has 1 rings (SSSR count). The van der Waals surface area contributed by atoms with E-state index in [-0.39, 0.29) is 16.8 Å². The summed E-state index contributed by atoms with van der Waals surface area (Å²) >= 11 is 5.88. The van der Waals surface area contributed by atoms with Gasteiger partial charge in [-0.3, -0.25) is 0 Å². The number of halogens is 1. The molecule has 1 aromatic rings. The first-order valence-electron chi connectivity index (χ1n) is 6.72. The van der Waals surface area contributed by atoms with Gasteiger partial charge in [-0.15, -0.1) is 11.6 Å². The van der Waals surface area contributed by atoms with Crippen molar-refractivity contribution in [3.05, 3.63) is 23.8 Å². The van der Waals surface area contributed by atoms with Gasteiger partial charge in [0.1, 0.15) is 5.75 Å². The van der Waals surface area contributed by atoms with E-state index < -0.39 is 10.0 Å². The molecular weight excluding hydrogens is 298 g/mol. The smallest absolute Gasteiger partial charge is 0.243 e. The average molecular weight is 320 g/mol. The number of hydrogen-bond donors (Lipinski definition) is 0. The predicted molar refractivity (Wildman–Crippen MR) is 81.9 cm³/mol.